The summed E-state index contributed by atoms with van der Waals surface area (Å²) in [5.74, 6) is 1.69. The number of halogens is 1. The Morgan fingerprint density at radius 1 is 1.43 bits per heavy atom. The second kappa shape index (κ2) is 4.37. The van der Waals surface area contributed by atoms with Crippen molar-refractivity contribution in [2.75, 3.05) is 7.05 Å². The highest BCUT2D eigenvalue weighted by Crippen LogP contribution is 2.36. The summed E-state index contributed by atoms with van der Waals surface area (Å²) in [6.07, 6.45) is 5.28. The number of hydrogen-bond acceptors (Lipinski definition) is 2. The van der Waals surface area contributed by atoms with Crippen molar-refractivity contribution in [1.29, 1.82) is 0 Å². The van der Waals surface area contributed by atoms with Gasteiger partial charge in [-0.2, -0.15) is 0 Å². The number of nitrogens with one attached hydrogen (secondary N) is 1. The van der Waals surface area contributed by atoms with E-state index in [1.807, 2.05) is 19.2 Å². The molecule has 1 fully saturated rings. The molecule has 78 valence electrons. The van der Waals surface area contributed by atoms with E-state index in [1.165, 1.54) is 25.7 Å². The minimum absolute atomic E-state index is 0.338. The molecule has 14 heavy (non-hydrogen) atoms. The van der Waals surface area contributed by atoms with Gasteiger partial charge in [0.05, 0.1) is 6.04 Å². The lowest BCUT2D eigenvalue weighted by molar-refractivity contribution is 0.329. The third kappa shape index (κ3) is 1.96. The molecule has 3 heteroatoms. The van der Waals surface area contributed by atoms with Gasteiger partial charge in [-0.3, -0.25) is 0 Å². The van der Waals surface area contributed by atoms with Crippen molar-refractivity contribution < 1.29 is 4.42 Å². The van der Waals surface area contributed by atoms with Crippen LogP contribution in [0, 0.1) is 5.92 Å². The zero-order valence-electron chi connectivity index (χ0n) is 8.42. The van der Waals surface area contributed by atoms with E-state index < -0.39 is 0 Å². The van der Waals surface area contributed by atoms with Crippen LogP contribution in [0.5, 0.6) is 0 Å². The highest BCUT2D eigenvalue weighted by Gasteiger charge is 2.27. The van der Waals surface area contributed by atoms with Crippen molar-refractivity contribution in [1.82, 2.24) is 5.32 Å². The molecule has 0 aliphatic heterocycles. The van der Waals surface area contributed by atoms with Gasteiger partial charge in [0.25, 0.3) is 0 Å². The first-order valence-corrected chi connectivity index (χ1v) is 5.61. The molecule has 0 radical (unpaired) electrons. The molecule has 2 rings (SSSR count). The van der Waals surface area contributed by atoms with Crippen molar-refractivity contribution in [2.24, 2.45) is 5.92 Å². The highest BCUT2D eigenvalue weighted by atomic mass is 35.5. The maximum atomic E-state index is 5.77. The average Bonchev–Trinajstić information content (AvgIpc) is 2.79. The van der Waals surface area contributed by atoms with Gasteiger partial charge < -0.3 is 9.73 Å². The molecular formula is C11H16ClNO. The summed E-state index contributed by atoms with van der Waals surface area (Å²) in [7, 11) is 1.99. The lowest BCUT2D eigenvalue weighted by Crippen LogP contribution is -2.22. The molecular weight excluding hydrogens is 198 g/mol. The lowest BCUT2D eigenvalue weighted by Gasteiger charge is -2.20. The molecule has 1 unspecified atom stereocenters. The molecule has 1 aromatic heterocycles. The minimum atomic E-state index is 0.338. The van der Waals surface area contributed by atoms with E-state index in [2.05, 4.69) is 5.32 Å². The largest absolute Gasteiger partial charge is 0.448 e. The van der Waals surface area contributed by atoms with Crippen molar-refractivity contribution >= 4 is 11.6 Å². The topological polar surface area (TPSA) is 25.2 Å². The van der Waals surface area contributed by atoms with Gasteiger partial charge in [0.15, 0.2) is 5.22 Å². The van der Waals surface area contributed by atoms with Crippen LogP contribution < -0.4 is 5.32 Å². The van der Waals surface area contributed by atoms with Crippen LogP contribution in [0.1, 0.15) is 37.5 Å². The first kappa shape index (κ1) is 10.1. The molecule has 0 amide bonds. The third-order valence-corrected chi connectivity index (χ3v) is 3.29. The van der Waals surface area contributed by atoms with Crippen molar-refractivity contribution in [3.63, 3.8) is 0 Å². The Balaban J connectivity index is 2.12. The Morgan fingerprint density at radius 3 is 2.64 bits per heavy atom. The smallest absolute Gasteiger partial charge is 0.193 e. The third-order valence-electron chi connectivity index (χ3n) is 3.08. The van der Waals surface area contributed by atoms with Gasteiger partial charge in [0.2, 0.25) is 0 Å². The summed E-state index contributed by atoms with van der Waals surface area (Å²) in [4.78, 5) is 0. The van der Waals surface area contributed by atoms with Gasteiger partial charge in [-0.1, -0.05) is 12.8 Å². The van der Waals surface area contributed by atoms with Gasteiger partial charge in [-0.25, -0.2) is 0 Å². The molecule has 1 atom stereocenters. The summed E-state index contributed by atoms with van der Waals surface area (Å²) in [5, 5.41) is 3.81. The fraction of sp³-hybridized carbons (Fsp3) is 0.636. The van der Waals surface area contributed by atoms with Crippen LogP contribution in [0.2, 0.25) is 5.22 Å². The van der Waals surface area contributed by atoms with Gasteiger partial charge in [-0.05, 0) is 49.5 Å². The van der Waals surface area contributed by atoms with E-state index in [9.17, 15) is 0 Å². The SMILES string of the molecule is CNC(c1ccc(Cl)o1)C1CCCC1. The number of furan rings is 1. The Kier molecular flexibility index (Phi) is 3.14. The molecule has 0 spiro atoms. The zero-order valence-corrected chi connectivity index (χ0v) is 9.18. The first-order chi connectivity index (χ1) is 6.81. The van der Waals surface area contributed by atoms with Crippen LogP contribution in [0.3, 0.4) is 0 Å². The summed E-state index contributed by atoms with van der Waals surface area (Å²) >= 11 is 5.77. The van der Waals surface area contributed by atoms with E-state index in [-0.39, 0.29) is 0 Å². The Hall–Kier alpha value is -0.470. The quantitative estimate of drug-likeness (QED) is 0.833. The summed E-state index contributed by atoms with van der Waals surface area (Å²) < 4.78 is 5.45. The van der Waals surface area contributed by atoms with Crippen LogP contribution in [0.4, 0.5) is 0 Å². The zero-order chi connectivity index (χ0) is 9.97. The minimum Gasteiger partial charge on any atom is -0.448 e. The first-order valence-electron chi connectivity index (χ1n) is 5.24. The lowest BCUT2D eigenvalue weighted by atomic mass is 9.96. The van der Waals surface area contributed by atoms with E-state index in [0.717, 1.165) is 5.76 Å². The van der Waals surface area contributed by atoms with E-state index in [1.54, 1.807) is 0 Å². The monoisotopic (exact) mass is 213 g/mol. The van der Waals surface area contributed by atoms with Gasteiger partial charge in [0, 0.05) is 0 Å². The fourth-order valence-corrected chi connectivity index (χ4v) is 2.55. The average molecular weight is 214 g/mol. The van der Waals surface area contributed by atoms with Gasteiger partial charge >= 0.3 is 0 Å². The second-order valence-electron chi connectivity index (χ2n) is 3.95. The van der Waals surface area contributed by atoms with Crippen molar-refractivity contribution in [2.45, 2.75) is 31.7 Å². The molecule has 1 aliphatic carbocycles. The molecule has 1 aliphatic rings. The molecule has 1 saturated carbocycles. The Labute approximate surface area is 89.6 Å². The predicted octanol–water partition coefficient (Wildman–Crippen LogP) is 3.38. The van der Waals surface area contributed by atoms with Gasteiger partial charge in [0.1, 0.15) is 5.76 Å². The molecule has 0 bridgehead atoms. The van der Waals surface area contributed by atoms with Crippen molar-refractivity contribution in [3.8, 4) is 0 Å². The standard InChI is InChI=1S/C11H16ClNO/c1-13-11(8-4-2-3-5-8)9-6-7-10(12)14-9/h6-8,11,13H,2-5H2,1H3. The van der Waals surface area contributed by atoms with Crippen LogP contribution in [-0.2, 0) is 0 Å². The van der Waals surface area contributed by atoms with E-state index in [0.29, 0.717) is 17.2 Å². The number of hydrogen-bond donors (Lipinski definition) is 1. The molecule has 1 N–H and O–H groups in total. The molecule has 1 heterocycles. The Bertz CT molecular complexity index is 291. The molecule has 0 saturated heterocycles. The van der Waals surface area contributed by atoms with Crippen LogP contribution in [0.15, 0.2) is 16.5 Å². The van der Waals surface area contributed by atoms with Crippen LogP contribution in [-0.4, -0.2) is 7.05 Å². The van der Waals surface area contributed by atoms with Crippen LogP contribution >= 0.6 is 11.6 Å². The van der Waals surface area contributed by atoms with Crippen LogP contribution in [0.25, 0.3) is 0 Å². The molecule has 2 nitrogen and oxygen atoms in total. The maximum absolute atomic E-state index is 5.77. The Morgan fingerprint density at radius 2 is 2.14 bits per heavy atom. The normalized spacial score (nSPS) is 20.1. The van der Waals surface area contributed by atoms with E-state index >= 15 is 0 Å². The molecule has 0 aromatic carbocycles. The number of rotatable bonds is 3. The van der Waals surface area contributed by atoms with E-state index in [4.69, 9.17) is 16.0 Å². The fourth-order valence-electron chi connectivity index (χ4n) is 2.40. The van der Waals surface area contributed by atoms with Crippen molar-refractivity contribution in [3.05, 3.63) is 23.1 Å². The summed E-state index contributed by atoms with van der Waals surface area (Å²) in [5.41, 5.74) is 0. The second-order valence-corrected chi connectivity index (χ2v) is 4.33. The molecule has 1 aromatic rings. The highest BCUT2D eigenvalue weighted by molar-refractivity contribution is 6.28. The van der Waals surface area contributed by atoms with Gasteiger partial charge in [-0.15, -0.1) is 0 Å². The summed E-state index contributed by atoms with van der Waals surface area (Å²) in [6.45, 7) is 0. The predicted molar refractivity (Wildman–Crippen MR) is 57.5 cm³/mol. The maximum Gasteiger partial charge on any atom is 0.193 e. The summed E-state index contributed by atoms with van der Waals surface area (Å²) in [6, 6.07) is 4.13.